The molecule has 0 unspecified atom stereocenters. The first-order valence-corrected chi connectivity index (χ1v) is 11.1. The summed E-state index contributed by atoms with van der Waals surface area (Å²) in [6.07, 6.45) is 5.49. The number of methoxy groups -OCH3 is 1. The molecule has 1 fully saturated rings. The average molecular weight is 439 g/mol. The van der Waals surface area contributed by atoms with Crippen molar-refractivity contribution < 1.29 is 18.7 Å². The molecule has 2 aromatic heterocycles. The van der Waals surface area contributed by atoms with Crippen LogP contribution in [0.2, 0.25) is 0 Å². The second-order valence-corrected chi connectivity index (χ2v) is 9.55. The van der Waals surface area contributed by atoms with Crippen molar-refractivity contribution in [1.82, 2.24) is 10.3 Å². The monoisotopic (exact) mass is 438 g/mol. The number of alkyl carbamates (subject to hydrolysis) is 1. The first kappa shape index (κ1) is 22.1. The van der Waals surface area contributed by atoms with Gasteiger partial charge in [-0.2, -0.15) is 0 Å². The molecule has 0 radical (unpaired) electrons. The van der Waals surface area contributed by atoms with Gasteiger partial charge in [-0.25, -0.2) is 9.59 Å². The van der Waals surface area contributed by atoms with Gasteiger partial charge >= 0.3 is 11.7 Å². The van der Waals surface area contributed by atoms with E-state index in [9.17, 15) is 9.59 Å². The summed E-state index contributed by atoms with van der Waals surface area (Å²) in [6, 6.07) is 7.73. The normalized spacial score (nSPS) is 19.1. The molecule has 4 rings (SSSR count). The van der Waals surface area contributed by atoms with Crippen molar-refractivity contribution in [2.45, 2.75) is 64.5 Å². The lowest BCUT2D eigenvalue weighted by Gasteiger charge is -2.30. The van der Waals surface area contributed by atoms with Crippen LogP contribution in [0.25, 0.3) is 21.9 Å². The van der Waals surface area contributed by atoms with Gasteiger partial charge in [0.25, 0.3) is 0 Å². The van der Waals surface area contributed by atoms with Crippen molar-refractivity contribution in [2.75, 3.05) is 7.11 Å². The number of carbonyl (C=O) groups is 1. The number of amides is 1. The number of ether oxygens (including phenoxy) is 2. The molecular formula is C25H30N2O5. The SMILES string of the molecule is COc1ccc2ncc3oc(=O)c(CC4CCC(NC(=O)OC(C)(C)C)CC4)cc3c2c1. The molecule has 32 heavy (non-hydrogen) atoms. The Kier molecular flexibility index (Phi) is 6.09. The number of hydrogen-bond acceptors (Lipinski definition) is 6. The van der Waals surface area contributed by atoms with Crippen LogP contribution in [0.3, 0.4) is 0 Å². The van der Waals surface area contributed by atoms with Gasteiger partial charge in [0, 0.05) is 22.4 Å². The standard InChI is InChI=1S/C25H30N2O5/c1-25(2,3)32-24(29)27-17-7-5-15(6-8-17)11-16-12-20-19-13-18(30-4)9-10-21(19)26-14-22(20)31-23(16)28/h9-10,12-15,17H,5-8,11H2,1-4H3,(H,27,29). The van der Waals surface area contributed by atoms with Crippen LogP contribution in [0.4, 0.5) is 4.79 Å². The van der Waals surface area contributed by atoms with E-state index < -0.39 is 5.60 Å². The molecule has 0 bridgehead atoms. The Morgan fingerprint density at radius 2 is 1.91 bits per heavy atom. The number of aromatic nitrogens is 1. The summed E-state index contributed by atoms with van der Waals surface area (Å²) < 4.78 is 16.3. The lowest BCUT2D eigenvalue weighted by atomic mass is 9.82. The van der Waals surface area contributed by atoms with Crippen molar-refractivity contribution in [3.8, 4) is 5.75 Å². The minimum Gasteiger partial charge on any atom is -0.497 e. The zero-order chi connectivity index (χ0) is 22.9. The maximum absolute atomic E-state index is 12.6. The van der Waals surface area contributed by atoms with Crippen LogP contribution in [0.5, 0.6) is 5.75 Å². The van der Waals surface area contributed by atoms with Gasteiger partial charge in [-0.05, 0) is 83.1 Å². The van der Waals surface area contributed by atoms with E-state index in [4.69, 9.17) is 13.9 Å². The van der Waals surface area contributed by atoms with Gasteiger partial charge in [-0.1, -0.05) is 0 Å². The lowest BCUT2D eigenvalue weighted by molar-refractivity contribution is 0.0487. The molecule has 3 aromatic rings. The summed E-state index contributed by atoms with van der Waals surface area (Å²) >= 11 is 0. The summed E-state index contributed by atoms with van der Waals surface area (Å²) in [5.74, 6) is 1.10. The molecule has 7 nitrogen and oxygen atoms in total. The quantitative estimate of drug-likeness (QED) is 0.578. The van der Waals surface area contributed by atoms with Crippen LogP contribution in [0.15, 0.2) is 39.7 Å². The van der Waals surface area contributed by atoms with Gasteiger partial charge in [0.2, 0.25) is 0 Å². The van der Waals surface area contributed by atoms with Crippen molar-refractivity contribution in [1.29, 1.82) is 0 Å². The Morgan fingerprint density at radius 3 is 2.59 bits per heavy atom. The molecule has 1 saturated carbocycles. The minimum atomic E-state index is -0.505. The third-order valence-electron chi connectivity index (χ3n) is 5.94. The molecule has 0 saturated heterocycles. The number of benzene rings is 1. The largest absolute Gasteiger partial charge is 0.497 e. The fourth-order valence-electron chi connectivity index (χ4n) is 4.37. The van der Waals surface area contributed by atoms with E-state index in [0.29, 0.717) is 23.5 Å². The molecular weight excluding hydrogens is 408 g/mol. The molecule has 0 spiro atoms. The van der Waals surface area contributed by atoms with Crippen LogP contribution >= 0.6 is 0 Å². The number of nitrogens with zero attached hydrogens (tertiary/aromatic N) is 1. The topological polar surface area (TPSA) is 90.7 Å². The maximum Gasteiger partial charge on any atom is 0.407 e. The zero-order valence-corrected chi connectivity index (χ0v) is 19.1. The molecule has 1 aliphatic rings. The summed E-state index contributed by atoms with van der Waals surface area (Å²) in [5.41, 5.74) is 1.17. The second kappa shape index (κ2) is 8.81. The highest BCUT2D eigenvalue weighted by molar-refractivity contribution is 6.03. The second-order valence-electron chi connectivity index (χ2n) is 9.55. The highest BCUT2D eigenvalue weighted by atomic mass is 16.6. The third-order valence-corrected chi connectivity index (χ3v) is 5.94. The number of hydrogen-bond donors (Lipinski definition) is 1. The van der Waals surface area contributed by atoms with Crippen molar-refractivity contribution in [3.63, 3.8) is 0 Å². The Morgan fingerprint density at radius 1 is 1.16 bits per heavy atom. The first-order chi connectivity index (χ1) is 15.2. The molecule has 2 heterocycles. The fourth-order valence-corrected chi connectivity index (χ4v) is 4.37. The smallest absolute Gasteiger partial charge is 0.407 e. The van der Waals surface area contributed by atoms with Gasteiger partial charge in [-0.15, -0.1) is 0 Å². The number of pyridine rings is 1. The van der Waals surface area contributed by atoms with Crippen molar-refractivity contribution >= 4 is 28.0 Å². The van der Waals surface area contributed by atoms with Crippen LogP contribution in [-0.4, -0.2) is 29.8 Å². The third kappa shape index (κ3) is 5.03. The Balaban J connectivity index is 1.48. The summed E-state index contributed by atoms with van der Waals surface area (Å²) in [5, 5.41) is 4.73. The number of rotatable bonds is 4. The molecule has 7 heteroatoms. The maximum atomic E-state index is 12.6. The fraction of sp³-hybridized carbons (Fsp3) is 0.480. The summed E-state index contributed by atoms with van der Waals surface area (Å²) in [6.45, 7) is 5.57. The van der Waals surface area contributed by atoms with Gasteiger partial charge in [0.05, 0.1) is 18.8 Å². The molecule has 170 valence electrons. The van der Waals surface area contributed by atoms with Crippen LogP contribution in [0.1, 0.15) is 52.0 Å². The zero-order valence-electron chi connectivity index (χ0n) is 19.1. The summed E-state index contributed by atoms with van der Waals surface area (Å²) in [4.78, 5) is 29.0. The van der Waals surface area contributed by atoms with Crippen molar-refractivity contribution in [3.05, 3.63) is 46.4 Å². The van der Waals surface area contributed by atoms with Gasteiger partial charge < -0.3 is 19.2 Å². The first-order valence-electron chi connectivity index (χ1n) is 11.1. The highest BCUT2D eigenvalue weighted by Crippen LogP contribution is 2.30. The predicted octanol–water partition coefficient (Wildman–Crippen LogP) is 4.98. The Bertz CT molecular complexity index is 1190. The molecule has 1 N–H and O–H groups in total. The van der Waals surface area contributed by atoms with Gasteiger partial charge in [0.1, 0.15) is 11.4 Å². The predicted molar refractivity (Wildman–Crippen MR) is 123 cm³/mol. The van der Waals surface area contributed by atoms with Gasteiger partial charge in [-0.3, -0.25) is 4.98 Å². The van der Waals surface area contributed by atoms with E-state index in [1.54, 1.807) is 13.3 Å². The van der Waals surface area contributed by atoms with E-state index in [0.717, 1.165) is 47.7 Å². The number of carbonyl (C=O) groups excluding carboxylic acids is 1. The molecule has 1 aliphatic carbocycles. The Hall–Kier alpha value is -3.09. The van der Waals surface area contributed by atoms with Crippen LogP contribution in [-0.2, 0) is 11.2 Å². The van der Waals surface area contributed by atoms with Crippen molar-refractivity contribution in [2.24, 2.45) is 5.92 Å². The van der Waals surface area contributed by atoms with Gasteiger partial charge in [0.15, 0.2) is 5.58 Å². The molecule has 1 amide bonds. The number of nitrogens with one attached hydrogen (secondary N) is 1. The summed E-state index contributed by atoms with van der Waals surface area (Å²) in [7, 11) is 1.62. The molecule has 1 aromatic carbocycles. The van der Waals surface area contributed by atoms with E-state index in [1.807, 2.05) is 45.0 Å². The van der Waals surface area contributed by atoms with E-state index in [2.05, 4.69) is 10.3 Å². The van der Waals surface area contributed by atoms with E-state index in [-0.39, 0.29) is 17.8 Å². The molecule has 0 aliphatic heterocycles. The van der Waals surface area contributed by atoms with E-state index in [1.165, 1.54) is 0 Å². The van der Waals surface area contributed by atoms with E-state index >= 15 is 0 Å². The minimum absolute atomic E-state index is 0.108. The molecule has 0 atom stereocenters. The Labute approximate surface area is 187 Å². The highest BCUT2D eigenvalue weighted by Gasteiger charge is 2.25. The average Bonchev–Trinajstić information content (AvgIpc) is 2.74. The van der Waals surface area contributed by atoms with Crippen LogP contribution in [0, 0.1) is 5.92 Å². The number of fused-ring (bicyclic) bond motifs is 3. The van der Waals surface area contributed by atoms with Crippen LogP contribution < -0.4 is 15.7 Å². The lowest BCUT2D eigenvalue weighted by Crippen LogP contribution is -2.41.